The highest BCUT2D eigenvalue weighted by Gasteiger charge is 2.20. The highest BCUT2D eigenvalue weighted by Crippen LogP contribution is 2.33. The molecule has 2 aromatic rings. The first-order valence-corrected chi connectivity index (χ1v) is 7.79. The molecule has 0 fully saturated rings. The van der Waals surface area contributed by atoms with Crippen molar-refractivity contribution in [2.75, 3.05) is 11.9 Å². The van der Waals surface area contributed by atoms with Crippen molar-refractivity contribution in [1.82, 2.24) is 0 Å². The normalized spacial score (nSPS) is 13.7. The van der Waals surface area contributed by atoms with Crippen LogP contribution in [0.3, 0.4) is 0 Å². The molecule has 1 aliphatic heterocycles. The van der Waals surface area contributed by atoms with E-state index in [1.54, 1.807) is 30.3 Å². The van der Waals surface area contributed by atoms with Crippen LogP contribution in [0.1, 0.15) is 27.9 Å². The smallest absolute Gasteiger partial charge is 0.409 e. The summed E-state index contributed by atoms with van der Waals surface area (Å²) in [6, 6.07) is 9.66. The van der Waals surface area contributed by atoms with E-state index >= 15 is 0 Å². The van der Waals surface area contributed by atoms with E-state index in [-0.39, 0.29) is 12.4 Å². The molecule has 0 unspecified atom stereocenters. The summed E-state index contributed by atoms with van der Waals surface area (Å²) in [5.41, 5.74) is 1.99. The van der Waals surface area contributed by atoms with E-state index in [0.29, 0.717) is 47.6 Å². The van der Waals surface area contributed by atoms with Crippen molar-refractivity contribution in [2.45, 2.75) is 19.4 Å². The average molecular weight is 343 g/mol. The lowest BCUT2D eigenvalue weighted by molar-refractivity contribution is 0.0724. The summed E-state index contributed by atoms with van der Waals surface area (Å²) < 4.78 is 11.1. The number of esters is 1. The predicted octanol–water partition coefficient (Wildman–Crippen LogP) is 2.81. The van der Waals surface area contributed by atoms with Crippen molar-refractivity contribution in [1.29, 1.82) is 0 Å². The molecule has 1 amide bonds. The Balaban J connectivity index is 1.97. The first kappa shape index (κ1) is 16.8. The molecule has 1 heterocycles. The maximum absolute atomic E-state index is 12.5. The van der Waals surface area contributed by atoms with Crippen LogP contribution in [0.4, 0.5) is 10.5 Å². The van der Waals surface area contributed by atoms with Crippen molar-refractivity contribution < 1.29 is 29.3 Å². The molecular formula is C18H17NO6. The molecule has 0 saturated heterocycles. The number of anilines is 1. The Kier molecular flexibility index (Phi) is 4.85. The Labute approximate surface area is 143 Å². The van der Waals surface area contributed by atoms with Crippen LogP contribution in [0.25, 0.3) is 0 Å². The lowest BCUT2D eigenvalue weighted by atomic mass is 10.0. The number of amides is 1. The fourth-order valence-electron chi connectivity index (χ4n) is 2.72. The monoisotopic (exact) mass is 343 g/mol. The van der Waals surface area contributed by atoms with Crippen molar-refractivity contribution in [3.8, 4) is 11.5 Å². The maximum Gasteiger partial charge on any atom is 0.409 e. The van der Waals surface area contributed by atoms with Crippen LogP contribution in [0.5, 0.6) is 11.5 Å². The Morgan fingerprint density at radius 2 is 2.08 bits per heavy atom. The number of fused-ring (bicyclic) bond motifs is 2. The third kappa shape index (κ3) is 3.72. The van der Waals surface area contributed by atoms with Crippen LogP contribution >= 0.6 is 0 Å². The minimum atomic E-state index is -1.17. The number of carboxylic acid groups (broad SMARTS) is 1. The number of benzene rings is 2. The predicted molar refractivity (Wildman–Crippen MR) is 89.2 cm³/mol. The average Bonchev–Trinajstić information content (AvgIpc) is 2.58. The van der Waals surface area contributed by atoms with Gasteiger partial charge < -0.3 is 19.7 Å². The number of nitrogens with one attached hydrogen (secondary N) is 1. The third-order valence-corrected chi connectivity index (χ3v) is 3.85. The Morgan fingerprint density at radius 1 is 1.24 bits per heavy atom. The van der Waals surface area contributed by atoms with E-state index in [1.807, 2.05) is 0 Å². The second kappa shape index (κ2) is 7.23. The van der Waals surface area contributed by atoms with Crippen LogP contribution in [0, 0.1) is 0 Å². The zero-order valence-electron chi connectivity index (χ0n) is 13.3. The van der Waals surface area contributed by atoms with Gasteiger partial charge in [0.2, 0.25) is 0 Å². The van der Waals surface area contributed by atoms with Gasteiger partial charge in [0.1, 0.15) is 0 Å². The number of ether oxygens (including phenoxy) is 2. The number of carbonyl (C=O) groups is 2. The van der Waals surface area contributed by atoms with Gasteiger partial charge in [-0.1, -0.05) is 12.1 Å². The quantitative estimate of drug-likeness (QED) is 0.572. The summed E-state index contributed by atoms with van der Waals surface area (Å²) in [5.74, 6) is 0.0572. The van der Waals surface area contributed by atoms with E-state index < -0.39 is 12.1 Å². The molecule has 130 valence electrons. The van der Waals surface area contributed by atoms with Crippen molar-refractivity contribution in [3.63, 3.8) is 0 Å². The van der Waals surface area contributed by atoms with Gasteiger partial charge in [0, 0.05) is 11.3 Å². The standard InChI is InChI=1S/C18H17NO6/c20-10-12-3-1-5-15-16(12)24-8-2-4-11-9-13(19-18(22)23)6-7-14(11)17(21)25-15/h1,3,5-7,9,19-20H,2,4,8,10H2,(H,22,23). The fraction of sp³-hybridized carbons (Fsp3) is 0.222. The largest absolute Gasteiger partial charge is 0.489 e. The second-order valence-electron chi connectivity index (χ2n) is 5.55. The molecule has 1 aliphatic rings. The molecule has 3 rings (SSSR count). The molecule has 2 aromatic carbocycles. The summed E-state index contributed by atoms with van der Waals surface area (Å²) >= 11 is 0. The molecule has 0 spiro atoms. The molecule has 7 heteroatoms. The van der Waals surface area contributed by atoms with Gasteiger partial charge in [0.15, 0.2) is 11.5 Å². The molecule has 0 atom stereocenters. The number of para-hydroxylation sites is 1. The first-order valence-electron chi connectivity index (χ1n) is 7.79. The zero-order valence-corrected chi connectivity index (χ0v) is 13.3. The van der Waals surface area contributed by atoms with Crippen LogP contribution in [-0.2, 0) is 13.0 Å². The van der Waals surface area contributed by atoms with Gasteiger partial charge in [-0.15, -0.1) is 0 Å². The fourth-order valence-corrected chi connectivity index (χ4v) is 2.72. The SMILES string of the molecule is O=C(O)Nc1ccc2c(c1)CCCOc1c(CO)cccc1OC2=O. The summed E-state index contributed by atoms with van der Waals surface area (Å²) in [6.07, 6.45) is -0.0252. The number of hydrogen-bond donors (Lipinski definition) is 3. The van der Waals surface area contributed by atoms with Gasteiger partial charge in [0.05, 0.1) is 18.8 Å². The lowest BCUT2D eigenvalue weighted by Crippen LogP contribution is -2.16. The Morgan fingerprint density at radius 3 is 2.84 bits per heavy atom. The molecule has 0 saturated carbocycles. The van der Waals surface area contributed by atoms with Gasteiger partial charge in [-0.25, -0.2) is 9.59 Å². The van der Waals surface area contributed by atoms with Crippen LogP contribution in [-0.4, -0.2) is 28.9 Å². The summed E-state index contributed by atoms with van der Waals surface area (Å²) in [5, 5.41) is 20.5. The number of aliphatic hydroxyl groups excluding tert-OH is 1. The summed E-state index contributed by atoms with van der Waals surface area (Å²) in [4.78, 5) is 23.3. The lowest BCUT2D eigenvalue weighted by Gasteiger charge is -2.18. The number of hydrogen-bond acceptors (Lipinski definition) is 5. The molecule has 0 aliphatic carbocycles. The topological polar surface area (TPSA) is 105 Å². The van der Waals surface area contributed by atoms with Gasteiger partial charge in [-0.3, -0.25) is 5.32 Å². The Bertz CT molecular complexity index is 817. The van der Waals surface area contributed by atoms with Crippen LogP contribution in [0.15, 0.2) is 36.4 Å². The highest BCUT2D eigenvalue weighted by molar-refractivity contribution is 5.94. The molecule has 0 bridgehead atoms. The van der Waals surface area contributed by atoms with E-state index in [4.69, 9.17) is 14.6 Å². The first-order chi connectivity index (χ1) is 12.1. The van der Waals surface area contributed by atoms with E-state index in [9.17, 15) is 14.7 Å². The minimum Gasteiger partial charge on any atom is -0.489 e. The van der Waals surface area contributed by atoms with E-state index in [0.717, 1.165) is 0 Å². The van der Waals surface area contributed by atoms with Crippen molar-refractivity contribution in [3.05, 3.63) is 53.1 Å². The number of aliphatic hydroxyl groups is 1. The molecule has 3 N–H and O–H groups in total. The molecular weight excluding hydrogens is 326 g/mol. The van der Waals surface area contributed by atoms with Crippen molar-refractivity contribution >= 4 is 17.7 Å². The van der Waals surface area contributed by atoms with Gasteiger partial charge >= 0.3 is 12.1 Å². The summed E-state index contributed by atoms with van der Waals surface area (Å²) in [7, 11) is 0. The van der Waals surface area contributed by atoms with E-state index in [2.05, 4.69) is 5.32 Å². The van der Waals surface area contributed by atoms with Gasteiger partial charge in [0.25, 0.3) is 0 Å². The van der Waals surface area contributed by atoms with Crippen molar-refractivity contribution in [2.24, 2.45) is 0 Å². The number of aryl methyl sites for hydroxylation is 1. The zero-order chi connectivity index (χ0) is 17.8. The highest BCUT2D eigenvalue weighted by atomic mass is 16.6. The van der Waals surface area contributed by atoms with Gasteiger partial charge in [-0.05, 0) is 42.7 Å². The molecule has 7 nitrogen and oxygen atoms in total. The van der Waals surface area contributed by atoms with Crippen LogP contribution in [0.2, 0.25) is 0 Å². The maximum atomic E-state index is 12.5. The summed E-state index contributed by atoms with van der Waals surface area (Å²) in [6.45, 7) is 0.152. The number of rotatable bonds is 2. The minimum absolute atomic E-state index is 0.221. The molecule has 0 aromatic heterocycles. The third-order valence-electron chi connectivity index (χ3n) is 3.85. The Hall–Kier alpha value is -3.06. The number of carbonyl (C=O) groups excluding carboxylic acids is 1. The molecule has 0 radical (unpaired) electrons. The van der Waals surface area contributed by atoms with Gasteiger partial charge in [-0.2, -0.15) is 0 Å². The molecule has 25 heavy (non-hydrogen) atoms. The van der Waals surface area contributed by atoms with Crippen LogP contribution < -0.4 is 14.8 Å². The second-order valence-corrected chi connectivity index (χ2v) is 5.55. The van der Waals surface area contributed by atoms with E-state index in [1.165, 1.54) is 6.07 Å².